The minimum Gasteiger partial charge on any atom is -0.456 e. The molecule has 2 aliphatic carbocycles. The molecule has 0 N–H and O–H groups in total. The molecule has 2 fully saturated rings. The molecule has 2 bridgehead atoms. The standard InChI is InChI=1S/C19H32O2/c1-5-19(4,21-18(20)14(2)3)10-9-17-12-15-7-6-8-16(11-15)13-17/h15-17H,2,5-13H2,1,3-4H3. The van der Waals surface area contributed by atoms with Gasteiger partial charge in [0.15, 0.2) is 0 Å². The molecule has 2 nitrogen and oxygen atoms in total. The Balaban J connectivity index is 1.84. The Morgan fingerprint density at radius 2 is 1.86 bits per heavy atom. The van der Waals surface area contributed by atoms with Crippen LogP contribution in [0.3, 0.4) is 0 Å². The monoisotopic (exact) mass is 292 g/mol. The van der Waals surface area contributed by atoms with Crippen molar-refractivity contribution < 1.29 is 9.53 Å². The van der Waals surface area contributed by atoms with Crippen molar-refractivity contribution in [2.24, 2.45) is 17.8 Å². The Kier molecular flexibility index (Phi) is 5.51. The first-order chi connectivity index (χ1) is 9.92. The molecule has 0 aromatic rings. The summed E-state index contributed by atoms with van der Waals surface area (Å²) < 4.78 is 5.70. The molecular weight excluding hydrogens is 260 g/mol. The fourth-order valence-corrected chi connectivity index (χ4v) is 4.23. The van der Waals surface area contributed by atoms with Gasteiger partial charge in [0.2, 0.25) is 0 Å². The molecule has 2 rings (SSSR count). The lowest BCUT2D eigenvalue weighted by Gasteiger charge is -2.40. The summed E-state index contributed by atoms with van der Waals surface area (Å²) >= 11 is 0. The van der Waals surface area contributed by atoms with Crippen LogP contribution in [0.2, 0.25) is 0 Å². The van der Waals surface area contributed by atoms with Crippen LogP contribution in [0.15, 0.2) is 12.2 Å². The maximum Gasteiger partial charge on any atom is 0.333 e. The number of hydrogen-bond acceptors (Lipinski definition) is 2. The van der Waals surface area contributed by atoms with E-state index in [1.54, 1.807) is 6.92 Å². The van der Waals surface area contributed by atoms with Gasteiger partial charge in [-0.3, -0.25) is 0 Å². The van der Waals surface area contributed by atoms with E-state index >= 15 is 0 Å². The maximum atomic E-state index is 11.8. The molecule has 0 aromatic carbocycles. The second kappa shape index (κ2) is 6.98. The summed E-state index contributed by atoms with van der Waals surface area (Å²) in [6.45, 7) is 9.60. The van der Waals surface area contributed by atoms with Crippen LogP contribution in [0.5, 0.6) is 0 Å². The largest absolute Gasteiger partial charge is 0.456 e. The Morgan fingerprint density at radius 1 is 1.24 bits per heavy atom. The number of carbonyl (C=O) groups excluding carboxylic acids is 1. The molecule has 0 amide bonds. The second-order valence-electron chi connectivity index (χ2n) is 7.75. The molecule has 0 aliphatic heterocycles. The van der Waals surface area contributed by atoms with E-state index in [9.17, 15) is 4.79 Å². The third kappa shape index (κ3) is 4.59. The van der Waals surface area contributed by atoms with E-state index in [-0.39, 0.29) is 11.6 Å². The molecule has 21 heavy (non-hydrogen) atoms. The molecule has 0 aromatic heterocycles. The van der Waals surface area contributed by atoms with Gasteiger partial charge in [-0.25, -0.2) is 4.79 Å². The lowest BCUT2D eigenvalue weighted by Crippen LogP contribution is -2.33. The van der Waals surface area contributed by atoms with Crippen molar-refractivity contribution in [1.29, 1.82) is 0 Å². The van der Waals surface area contributed by atoms with Gasteiger partial charge in [-0.05, 0) is 70.1 Å². The summed E-state index contributed by atoms with van der Waals surface area (Å²) in [6.07, 6.45) is 11.7. The van der Waals surface area contributed by atoms with Crippen LogP contribution in [-0.4, -0.2) is 11.6 Å². The van der Waals surface area contributed by atoms with E-state index in [0.717, 1.165) is 30.6 Å². The van der Waals surface area contributed by atoms with E-state index in [0.29, 0.717) is 5.57 Å². The number of ether oxygens (including phenoxy) is 1. The number of hydrogen-bond donors (Lipinski definition) is 0. The second-order valence-corrected chi connectivity index (χ2v) is 7.75. The Bertz CT molecular complexity index is 375. The summed E-state index contributed by atoms with van der Waals surface area (Å²) in [5, 5.41) is 0. The van der Waals surface area contributed by atoms with Crippen LogP contribution in [0.1, 0.15) is 78.6 Å². The van der Waals surface area contributed by atoms with E-state index in [1.807, 2.05) is 0 Å². The quantitative estimate of drug-likeness (QED) is 0.492. The minimum atomic E-state index is -0.317. The van der Waals surface area contributed by atoms with Gasteiger partial charge in [-0.1, -0.05) is 32.8 Å². The molecule has 0 saturated heterocycles. The zero-order chi connectivity index (χ0) is 15.5. The van der Waals surface area contributed by atoms with E-state index in [4.69, 9.17) is 4.74 Å². The van der Waals surface area contributed by atoms with Gasteiger partial charge in [0.05, 0.1) is 0 Å². The van der Waals surface area contributed by atoms with Crippen molar-refractivity contribution >= 4 is 5.97 Å². The van der Waals surface area contributed by atoms with Gasteiger partial charge in [-0.15, -0.1) is 0 Å². The van der Waals surface area contributed by atoms with Crippen LogP contribution in [0, 0.1) is 17.8 Å². The molecule has 3 unspecified atom stereocenters. The molecule has 2 saturated carbocycles. The Morgan fingerprint density at radius 3 is 2.38 bits per heavy atom. The molecular formula is C19H32O2. The van der Waals surface area contributed by atoms with E-state index < -0.39 is 0 Å². The van der Waals surface area contributed by atoms with Gasteiger partial charge in [0.1, 0.15) is 5.60 Å². The lowest BCUT2D eigenvalue weighted by molar-refractivity contribution is -0.154. The van der Waals surface area contributed by atoms with Crippen LogP contribution >= 0.6 is 0 Å². The average molecular weight is 292 g/mol. The molecule has 0 radical (unpaired) electrons. The fourth-order valence-electron chi connectivity index (χ4n) is 4.23. The number of carbonyl (C=O) groups is 1. The highest BCUT2D eigenvalue weighted by molar-refractivity contribution is 5.87. The third-order valence-electron chi connectivity index (χ3n) is 5.74. The molecule has 0 heterocycles. The molecule has 2 aliphatic rings. The SMILES string of the molecule is C=C(C)C(=O)OC(C)(CC)CCC1CC2CCCC(C2)C1. The average Bonchev–Trinajstić information content (AvgIpc) is 2.45. The zero-order valence-electron chi connectivity index (χ0n) is 14.1. The van der Waals surface area contributed by atoms with Crippen LogP contribution in [0.4, 0.5) is 0 Å². The van der Waals surface area contributed by atoms with Crippen molar-refractivity contribution in [2.75, 3.05) is 0 Å². The predicted octanol–water partition coefficient (Wildman–Crippen LogP) is 5.27. The van der Waals surface area contributed by atoms with Crippen molar-refractivity contribution in [2.45, 2.75) is 84.2 Å². The van der Waals surface area contributed by atoms with E-state index in [2.05, 4.69) is 20.4 Å². The van der Waals surface area contributed by atoms with E-state index in [1.165, 1.54) is 44.9 Å². The summed E-state index contributed by atoms with van der Waals surface area (Å²) in [5.74, 6) is 2.57. The highest BCUT2D eigenvalue weighted by atomic mass is 16.6. The maximum absolute atomic E-state index is 11.8. The van der Waals surface area contributed by atoms with Crippen LogP contribution in [0.25, 0.3) is 0 Å². The zero-order valence-corrected chi connectivity index (χ0v) is 14.1. The Hall–Kier alpha value is -0.790. The van der Waals surface area contributed by atoms with Gasteiger partial charge in [0.25, 0.3) is 0 Å². The Labute approximate surface area is 130 Å². The third-order valence-corrected chi connectivity index (χ3v) is 5.74. The van der Waals surface area contributed by atoms with Gasteiger partial charge in [-0.2, -0.15) is 0 Å². The van der Waals surface area contributed by atoms with Crippen molar-refractivity contribution in [3.63, 3.8) is 0 Å². The molecule has 2 heteroatoms. The minimum absolute atomic E-state index is 0.236. The van der Waals surface area contributed by atoms with Crippen molar-refractivity contribution in [3.05, 3.63) is 12.2 Å². The number of rotatable bonds is 6. The topological polar surface area (TPSA) is 26.3 Å². The summed E-state index contributed by atoms with van der Waals surface area (Å²) in [4.78, 5) is 11.8. The van der Waals surface area contributed by atoms with Gasteiger partial charge < -0.3 is 4.74 Å². The lowest BCUT2D eigenvalue weighted by atomic mass is 9.66. The smallest absolute Gasteiger partial charge is 0.333 e. The predicted molar refractivity (Wildman–Crippen MR) is 87.0 cm³/mol. The highest BCUT2D eigenvalue weighted by Gasteiger charge is 2.34. The fraction of sp³-hybridized carbons (Fsp3) is 0.842. The summed E-state index contributed by atoms with van der Waals surface area (Å²) in [7, 11) is 0. The molecule has 3 atom stereocenters. The highest BCUT2D eigenvalue weighted by Crippen LogP contribution is 2.44. The van der Waals surface area contributed by atoms with Crippen molar-refractivity contribution in [3.8, 4) is 0 Å². The summed E-state index contributed by atoms with van der Waals surface area (Å²) in [5.41, 5.74) is 0.185. The number of fused-ring (bicyclic) bond motifs is 2. The van der Waals surface area contributed by atoms with Gasteiger partial charge >= 0.3 is 5.97 Å². The normalized spacial score (nSPS) is 31.3. The van der Waals surface area contributed by atoms with Crippen LogP contribution < -0.4 is 0 Å². The van der Waals surface area contributed by atoms with Crippen molar-refractivity contribution in [1.82, 2.24) is 0 Å². The summed E-state index contributed by atoms with van der Waals surface area (Å²) in [6, 6.07) is 0. The van der Waals surface area contributed by atoms with Crippen LogP contribution in [-0.2, 0) is 9.53 Å². The molecule has 0 spiro atoms. The van der Waals surface area contributed by atoms with Gasteiger partial charge in [0, 0.05) is 5.57 Å². The first-order valence-electron chi connectivity index (χ1n) is 8.80. The number of esters is 1. The molecule has 120 valence electrons. The first kappa shape index (κ1) is 16.6. The first-order valence-corrected chi connectivity index (χ1v) is 8.80.